The van der Waals surface area contributed by atoms with Crippen LogP contribution in [0.4, 0.5) is 0 Å². The summed E-state index contributed by atoms with van der Waals surface area (Å²) in [5.74, 6) is 1.02. The molecule has 0 bridgehead atoms. The summed E-state index contributed by atoms with van der Waals surface area (Å²) in [5.41, 5.74) is 13.3. The molecule has 0 spiro atoms. The van der Waals surface area contributed by atoms with Crippen LogP contribution in [0.2, 0.25) is 0 Å². The molecule has 10 rings (SSSR count). The zero-order valence-electron chi connectivity index (χ0n) is 26.9. The summed E-state index contributed by atoms with van der Waals surface area (Å²) >= 11 is 1.84. The Labute approximate surface area is 289 Å². The summed E-state index contributed by atoms with van der Waals surface area (Å²) < 4.78 is 2.32. The van der Waals surface area contributed by atoms with Crippen molar-refractivity contribution in [2.75, 3.05) is 0 Å². The molecule has 0 fully saturated rings. The second kappa shape index (κ2) is 11.1. The van der Waals surface area contributed by atoms with Crippen molar-refractivity contribution in [2.24, 2.45) is 0 Å². The van der Waals surface area contributed by atoms with E-state index in [1.807, 2.05) is 11.8 Å². The predicted octanol–water partition coefficient (Wildman–Crippen LogP) is 12.8. The van der Waals surface area contributed by atoms with Crippen LogP contribution in [0.3, 0.4) is 0 Å². The molecule has 0 saturated heterocycles. The fourth-order valence-electron chi connectivity index (χ4n) is 7.74. The van der Waals surface area contributed by atoms with Crippen LogP contribution in [-0.4, -0.2) is 9.55 Å². The topological polar surface area (TPSA) is 17.8 Å². The van der Waals surface area contributed by atoms with Crippen molar-refractivity contribution >= 4 is 44.3 Å². The molecule has 0 unspecified atom stereocenters. The summed E-state index contributed by atoms with van der Waals surface area (Å²) in [6.07, 6.45) is 0. The molecular weight excluding hydrogens is 613 g/mol. The van der Waals surface area contributed by atoms with Crippen molar-refractivity contribution in [3.8, 4) is 50.2 Å². The molecule has 0 amide bonds. The normalized spacial score (nSPS) is 12.1. The molecule has 8 aromatic carbocycles. The zero-order valence-corrected chi connectivity index (χ0v) is 27.7. The number of hydrogen-bond acceptors (Lipinski definition) is 2. The van der Waals surface area contributed by atoms with Gasteiger partial charge in [-0.1, -0.05) is 139 Å². The van der Waals surface area contributed by atoms with E-state index in [4.69, 9.17) is 4.98 Å². The summed E-state index contributed by atoms with van der Waals surface area (Å²) in [6.45, 7) is 2.10. The molecule has 0 saturated carbocycles. The first-order valence-electron chi connectivity index (χ1n) is 16.7. The van der Waals surface area contributed by atoms with Gasteiger partial charge in [-0.2, -0.15) is 0 Å². The van der Waals surface area contributed by atoms with Crippen LogP contribution >= 0.6 is 11.8 Å². The lowest BCUT2D eigenvalue weighted by atomic mass is 9.84. The van der Waals surface area contributed by atoms with E-state index in [0.29, 0.717) is 0 Å². The van der Waals surface area contributed by atoms with Crippen molar-refractivity contribution in [1.82, 2.24) is 9.55 Å². The van der Waals surface area contributed by atoms with Crippen molar-refractivity contribution in [1.29, 1.82) is 0 Å². The second-order valence-electron chi connectivity index (χ2n) is 12.8. The van der Waals surface area contributed by atoms with Crippen LogP contribution in [0.25, 0.3) is 82.8 Å². The van der Waals surface area contributed by atoms with Crippen LogP contribution in [-0.2, 0) is 0 Å². The first-order chi connectivity index (χ1) is 24.2. The average molecular weight is 643 g/mol. The quantitative estimate of drug-likeness (QED) is 0.178. The standard InChI is InChI=1S/C46H30N2S/c1-29-47-40-20-11-21-42-46(40)48(29)41-25-23-34(28-43(41)49-42)33-22-24-38-39(27-33)45(35-17-10-16-32(26-35)30-12-4-2-5-13-30)37-19-9-8-18-36(37)44(38)31-14-6-3-7-15-31/h2-28H,1H3. The number of imidazole rings is 1. The predicted molar refractivity (Wildman–Crippen MR) is 207 cm³/mol. The maximum Gasteiger partial charge on any atom is 0.111 e. The molecule has 0 radical (unpaired) electrons. The Balaban J connectivity index is 1.23. The third-order valence-electron chi connectivity index (χ3n) is 9.91. The molecular formula is C46H30N2S. The van der Waals surface area contributed by atoms with Crippen molar-refractivity contribution in [2.45, 2.75) is 16.7 Å². The van der Waals surface area contributed by atoms with Crippen molar-refractivity contribution in [3.63, 3.8) is 0 Å². The van der Waals surface area contributed by atoms with E-state index < -0.39 is 0 Å². The van der Waals surface area contributed by atoms with E-state index in [2.05, 4.69) is 175 Å². The van der Waals surface area contributed by atoms with E-state index in [1.165, 1.54) is 87.0 Å². The summed E-state index contributed by atoms with van der Waals surface area (Å²) in [4.78, 5) is 7.37. The molecule has 3 heteroatoms. The van der Waals surface area contributed by atoms with Gasteiger partial charge in [0, 0.05) is 9.79 Å². The largest absolute Gasteiger partial charge is 0.294 e. The van der Waals surface area contributed by atoms with Crippen LogP contribution in [0.1, 0.15) is 5.82 Å². The van der Waals surface area contributed by atoms with Gasteiger partial charge in [0.15, 0.2) is 0 Å². The number of rotatable bonds is 4. The monoisotopic (exact) mass is 642 g/mol. The molecule has 1 aliphatic heterocycles. The molecule has 0 aliphatic carbocycles. The van der Waals surface area contributed by atoms with Gasteiger partial charge in [-0.05, 0) is 109 Å². The van der Waals surface area contributed by atoms with Gasteiger partial charge in [0.25, 0.3) is 0 Å². The molecule has 1 aliphatic rings. The van der Waals surface area contributed by atoms with E-state index >= 15 is 0 Å². The Morgan fingerprint density at radius 3 is 1.82 bits per heavy atom. The van der Waals surface area contributed by atoms with E-state index in [9.17, 15) is 0 Å². The molecule has 230 valence electrons. The Kier molecular flexibility index (Phi) is 6.37. The molecule has 2 nitrogen and oxygen atoms in total. The zero-order chi connectivity index (χ0) is 32.5. The van der Waals surface area contributed by atoms with Gasteiger partial charge in [0.05, 0.1) is 16.7 Å². The van der Waals surface area contributed by atoms with Gasteiger partial charge in [-0.3, -0.25) is 4.57 Å². The number of aryl methyl sites for hydroxylation is 1. The maximum absolute atomic E-state index is 4.87. The van der Waals surface area contributed by atoms with E-state index in [1.54, 1.807) is 0 Å². The summed E-state index contributed by atoms with van der Waals surface area (Å²) in [7, 11) is 0. The SMILES string of the molecule is Cc1nc2cccc3c2n1-c1ccc(-c2ccc4c(-c5ccccc5)c5ccccc5c(-c5cccc(-c6ccccc6)c5)c4c2)cc1S3. The van der Waals surface area contributed by atoms with Gasteiger partial charge in [0.1, 0.15) is 5.82 Å². The van der Waals surface area contributed by atoms with Crippen LogP contribution < -0.4 is 0 Å². The third-order valence-corrected chi connectivity index (χ3v) is 11.0. The highest BCUT2D eigenvalue weighted by Crippen LogP contribution is 2.47. The number of hydrogen-bond donors (Lipinski definition) is 0. The Bertz CT molecular complexity index is 2740. The van der Waals surface area contributed by atoms with Crippen molar-refractivity contribution in [3.05, 3.63) is 170 Å². The average Bonchev–Trinajstić information content (AvgIpc) is 3.51. The number of fused-ring (bicyclic) bond motifs is 4. The van der Waals surface area contributed by atoms with Gasteiger partial charge < -0.3 is 0 Å². The fourth-order valence-corrected chi connectivity index (χ4v) is 8.86. The lowest BCUT2D eigenvalue weighted by Gasteiger charge is -2.21. The molecule has 1 aromatic heterocycles. The van der Waals surface area contributed by atoms with Crippen LogP contribution in [0.5, 0.6) is 0 Å². The Morgan fingerprint density at radius 1 is 0.429 bits per heavy atom. The van der Waals surface area contributed by atoms with Crippen LogP contribution in [0, 0.1) is 6.92 Å². The molecule has 49 heavy (non-hydrogen) atoms. The van der Waals surface area contributed by atoms with E-state index in [0.717, 1.165) is 11.3 Å². The van der Waals surface area contributed by atoms with Crippen LogP contribution in [0.15, 0.2) is 174 Å². The third kappa shape index (κ3) is 4.47. The minimum Gasteiger partial charge on any atom is -0.294 e. The molecule has 0 N–H and O–H groups in total. The Hall–Kier alpha value is -5.90. The number of nitrogens with zero attached hydrogens (tertiary/aromatic N) is 2. The van der Waals surface area contributed by atoms with Gasteiger partial charge in [-0.15, -0.1) is 0 Å². The lowest BCUT2D eigenvalue weighted by molar-refractivity contribution is 0.963. The molecule has 0 atom stereocenters. The number of aromatic nitrogens is 2. The minimum absolute atomic E-state index is 1.02. The summed E-state index contributed by atoms with van der Waals surface area (Å²) in [6, 6.07) is 59.9. The first-order valence-corrected chi connectivity index (χ1v) is 17.5. The fraction of sp³-hybridized carbons (Fsp3) is 0.0217. The summed E-state index contributed by atoms with van der Waals surface area (Å²) in [5, 5.41) is 5.03. The van der Waals surface area contributed by atoms with Crippen molar-refractivity contribution < 1.29 is 0 Å². The van der Waals surface area contributed by atoms with Gasteiger partial charge in [-0.25, -0.2) is 4.98 Å². The molecule has 9 aromatic rings. The second-order valence-corrected chi connectivity index (χ2v) is 13.9. The lowest BCUT2D eigenvalue weighted by Crippen LogP contribution is -2.03. The number of para-hydroxylation sites is 1. The van der Waals surface area contributed by atoms with Gasteiger partial charge >= 0.3 is 0 Å². The smallest absolute Gasteiger partial charge is 0.111 e. The minimum atomic E-state index is 1.02. The highest BCUT2D eigenvalue weighted by molar-refractivity contribution is 7.99. The highest BCUT2D eigenvalue weighted by atomic mass is 32.2. The Morgan fingerprint density at radius 2 is 1.02 bits per heavy atom. The molecule has 2 heterocycles. The maximum atomic E-state index is 4.87. The van der Waals surface area contributed by atoms with Gasteiger partial charge in [0.2, 0.25) is 0 Å². The first kappa shape index (κ1) is 28.1. The number of benzene rings is 8. The highest BCUT2D eigenvalue weighted by Gasteiger charge is 2.23. The van der Waals surface area contributed by atoms with E-state index in [-0.39, 0.29) is 0 Å².